The predicted octanol–water partition coefficient (Wildman–Crippen LogP) is 4.52. The van der Waals surface area contributed by atoms with Crippen molar-refractivity contribution in [3.05, 3.63) is 78.0 Å². The lowest BCUT2D eigenvalue weighted by Crippen LogP contribution is -2.56. The molecule has 14 heteroatoms. The van der Waals surface area contributed by atoms with E-state index in [0.29, 0.717) is 56.4 Å². The van der Waals surface area contributed by atoms with Crippen molar-refractivity contribution < 1.29 is 33.1 Å². The maximum absolute atomic E-state index is 14.0. The molecule has 0 saturated carbocycles. The predicted molar refractivity (Wildman–Crippen MR) is 183 cm³/mol. The van der Waals surface area contributed by atoms with Crippen molar-refractivity contribution in [1.82, 2.24) is 25.1 Å². The highest BCUT2D eigenvalue weighted by Crippen LogP contribution is 2.48. The van der Waals surface area contributed by atoms with Crippen LogP contribution in [-0.4, -0.2) is 101 Å². The Morgan fingerprint density at radius 1 is 0.917 bits per heavy atom. The molecule has 1 aliphatic heterocycles. The summed E-state index contributed by atoms with van der Waals surface area (Å²) in [4.78, 5) is 51.7. The highest BCUT2D eigenvalue weighted by Gasteiger charge is 2.37. The standard InChI is InChI=1S/C34H45N6O7P/c1-3-46-48(45,47-4-2)25-29(34(44)40-21-19-39(20-22-40)18-12-11-17-31(41)42)37-33(43)28-23-30(35-24-26-13-7-5-8-14-26)38-32(36-28)27-15-9-6-10-16-27/h5-10,13-16,23,29H,3-4,11-12,17-22,24-25H2,1-2H3,(H,37,43)(H,41,42)(H,35,36,38)/t29-/m0/s1. The number of carboxylic acids is 1. The summed E-state index contributed by atoms with van der Waals surface area (Å²) in [6.45, 7) is 6.77. The minimum Gasteiger partial charge on any atom is -0.481 e. The van der Waals surface area contributed by atoms with E-state index in [2.05, 4.69) is 25.5 Å². The summed E-state index contributed by atoms with van der Waals surface area (Å²) in [5.74, 6) is -1.08. The first-order chi connectivity index (χ1) is 23.2. The zero-order valence-corrected chi connectivity index (χ0v) is 28.4. The number of aromatic nitrogens is 2. The number of anilines is 1. The molecule has 0 radical (unpaired) electrons. The molecule has 0 unspecified atom stereocenters. The average molecular weight is 681 g/mol. The Balaban J connectivity index is 1.54. The van der Waals surface area contributed by atoms with Gasteiger partial charge in [-0.05, 0) is 38.8 Å². The third-order valence-electron chi connectivity index (χ3n) is 7.77. The Morgan fingerprint density at radius 2 is 1.56 bits per heavy atom. The van der Waals surface area contributed by atoms with Crippen LogP contribution in [0, 0.1) is 0 Å². The van der Waals surface area contributed by atoms with Gasteiger partial charge >= 0.3 is 13.6 Å². The van der Waals surface area contributed by atoms with Gasteiger partial charge in [-0.3, -0.25) is 23.8 Å². The van der Waals surface area contributed by atoms with Crippen LogP contribution in [0.25, 0.3) is 11.4 Å². The second-order valence-corrected chi connectivity index (χ2v) is 13.4. The zero-order chi connectivity index (χ0) is 34.4. The molecule has 1 aliphatic rings. The fraction of sp³-hybridized carbons (Fsp3) is 0.441. The maximum Gasteiger partial charge on any atom is 0.333 e. The summed E-state index contributed by atoms with van der Waals surface area (Å²) in [7, 11) is -3.74. The van der Waals surface area contributed by atoms with Gasteiger partial charge in [0.2, 0.25) is 5.91 Å². The Hall–Kier alpha value is -4.16. The quantitative estimate of drug-likeness (QED) is 0.128. The van der Waals surface area contributed by atoms with Gasteiger partial charge in [0, 0.05) is 50.8 Å². The van der Waals surface area contributed by atoms with Crippen LogP contribution in [0.4, 0.5) is 5.82 Å². The van der Waals surface area contributed by atoms with Crippen molar-refractivity contribution >= 4 is 31.2 Å². The molecule has 0 aliphatic carbocycles. The first kappa shape index (κ1) is 36.7. The largest absolute Gasteiger partial charge is 0.481 e. The highest BCUT2D eigenvalue weighted by molar-refractivity contribution is 7.54. The molecular formula is C34H45N6O7P. The van der Waals surface area contributed by atoms with Gasteiger partial charge in [0.15, 0.2) is 5.82 Å². The summed E-state index contributed by atoms with van der Waals surface area (Å²) >= 11 is 0. The molecule has 258 valence electrons. The molecule has 3 aromatic rings. The smallest absolute Gasteiger partial charge is 0.333 e. The number of hydrogen-bond donors (Lipinski definition) is 3. The summed E-state index contributed by atoms with van der Waals surface area (Å²) in [5, 5.41) is 15.0. The minimum atomic E-state index is -3.74. The van der Waals surface area contributed by atoms with Crippen molar-refractivity contribution in [2.45, 2.75) is 45.7 Å². The van der Waals surface area contributed by atoms with Gasteiger partial charge < -0.3 is 29.7 Å². The molecule has 1 fully saturated rings. The molecule has 48 heavy (non-hydrogen) atoms. The number of aliphatic carboxylic acids is 1. The van der Waals surface area contributed by atoms with Crippen molar-refractivity contribution in [3.8, 4) is 11.4 Å². The van der Waals surface area contributed by atoms with Crippen LogP contribution in [0.3, 0.4) is 0 Å². The number of unbranched alkanes of at least 4 members (excludes halogenated alkanes) is 1. The van der Waals surface area contributed by atoms with Gasteiger partial charge in [0.1, 0.15) is 17.6 Å². The van der Waals surface area contributed by atoms with Crippen LogP contribution in [-0.2, 0) is 29.7 Å². The number of rotatable bonds is 18. The summed E-state index contributed by atoms with van der Waals surface area (Å²) in [5.41, 5.74) is 1.77. The van der Waals surface area contributed by atoms with Gasteiger partial charge in [-0.25, -0.2) is 9.97 Å². The average Bonchev–Trinajstić information content (AvgIpc) is 3.09. The molecule has 4 rings (SSSR count). The van der Waals surface area contributed by atoms with Crippen molar-refractivity contribution in [1.29, 1.82) is 0 Å². The van der Waals surface area contributed by atoms with E-state index in [0.717, 1.165) is 18.5 Å². The van der Waals surface area contributed by atoms with Gasteiger partial charge in [-0.15, -0.1) is 0 Å². The Bertz CT molecular complexity index is 1530. The van der Waals surface area contributed by atoms with E-state index in [1.54, 1.807) is 18.7 Å². The molecule has 0 bridgehead atoms. The summed E-state index contributed by atoms with van der Waals surface area (Å²) in [6, 6.07) is 19.4. The van der Waals surface area contributed by atoms with Gasteiger partial charge in [0.05, 0.1) is 19.4 Å². The molecule has 13 nitrogen and oxygen atoms in total. The van der Waals surface area contributed by atoms with Crippen LogP contribution in [0.5, 0.6) is 0 Å². The molecule has 1 atom stereocenters. The Morgan fingerprint density at radius 3 is 2.19 bits per heavy atom. The normalized spacial score (nSPS) is 14.3. The molecule has 0 spiro atoms. The van der Waals surface area contributed by atoms with E-state index in [1.807, 2.05) is 60.7 Å². The second-order valence-electron chi connectivity index (χ2n) is 11.3. The minimum absolute atomic E-state index is 0.0334. The molecule has 2 heterocycles. The lowest BCUT2D eigenvalue weighted by molar-refractivity contribution is -0.137. The van der Waals surface area contributed by atoms with Crippen molar-refractivity contribution in [2.24, 2.45) is 0 Å². The molecule has 1 aromatic heterocycles. The third-order valence-corrected chi connectivity index (χ3v) is 9.88. The summed E-state index contributed by atoms with van der Waals surface area (Å²) < 4.78 is 24.7. The number of carbonyl (C=O) groups is 3. The lowest BCUT2D eigenvalue weighted by Gasteiger charge is -2.37. The SMILES string of the molecule is CCOP(=O)(C[C@H](NC(=O)c1cc(NCc2ccccc2)nc(-c2ccccc2)n1)C(=O)N1CCN(CCCCC(=O)O)CC1)OCC. The highest BCUT2D eigenvalue weighted by atomic mass is 31.2. The number of carboxylic acid groups (broad SMARTS) is 1. The monoisotopic (exact) mass is 680 g/mol. The fourth-order valence-electron chi connectivity index (χ4n) is 5.36. The Labute approximate surface area is 281 Å². The first-order valence-electron chi connectivity index (χ1n) is 16.3. The molecule has 2 amide bonds. The zero-order valence-electron chi connectivity index (χ0n) is 27.5. The van der Waals surface area contributed by atoms with Crippen LogP contribution in [0.2, 0.25) is 0 Å². The molecule has 3 N–H and O–H groups in total. The number of amides is 2. The third kappa shape index (κ3) is 11.2. The maximum atomic E-state index is 14.0. The van der Waals surface area contributed by atoms with E-state index < -0.39 is 31.4 Å². The van der Waals surface area contributed by atoms with E-state index in [-0.39, 0.29) is 31.5 Å². The van der Waals surface area contributed by atoms with Gasteiger partial charge in [-0.1, -0.05) is 60.7 Å². The van der Waals surface area contributed by atoms with Crippen molar-refractivity contribution in [3.63, 3.8) is 0 Å². The Kier molecular flexibility index (Phi) is 14.1. The summed E-state index contributed by atoms with van der Waals surface area (Å²) in [6.07, 6.45) is 1.12. The first-order valence-corrected chi connectivity index (χ1v) is 18.1. The molecular weight excluding hydrogens is 635 g/mol. The van der Waals surface area contributed by atoms with Crippen LogP contribution >= 0.6 is 7.60 Å². The number of piperazine rings is 1. The van der Waals surface area contributed by atoms with Crippen LogP contribution in [0.1, 0.15) is 49.2 Å². The van der Waals surface area contributed by atoms with Gasteiger partial charge in [-0.2, -0.15) is 0 Å². The van der Waals surface area contributed by atoms with Gasteiger partial charge in [0.25, 0.3) is 5.91 Å². The van der Waals surface area contributed by atoms with E-state index in [1.165, 1.54) is 6.07 Å². The second kappa shape index (κ2) is 18.4. The molecule has 2 aromatic carbocycles. The topological polar surface area (TPSA) is 163 Å². The molecule has 1 saturated heterocycles. The van der Waals surface area contributed by atoms with Crippen molar-refractivity contribution in [2.75, 3.05) is 57.4 Å². The lowest BCUT2D eigenvalue weighted by atomic mass is 10.2. The fourth-order valence-corrected chi connectivity index (χ4v) is 7.13. The van der Waals surface area contributed by atoms with E-state index in [4.69, 9.17) is 14.2 Å². The number of benzene rings is 2. The van der Waals surface area contributed by atoms with E-state index in [9.17, 15) is 18.9 Å². The van der Waals surface area contributed by atoms with Crippen LogP contribution in [0.15, 0.2) is 66.7 Å². The number of carbonyl (C=O) groups excluding carboxylic acids is 2. The van der Waals surface area contributed by atoms with E-state index >= 15 is 0 Å². The number of hydrogen-bond acceptors (Lipinski definition) is 10. The number of nitrogens with zero attached hydrogens (tertiary/aromatic N) is 4. The number of nitrogens with one attached hydrogen (secondary N) is 2. The van der Waals surface area contributed by atoms with Crippen LogP contribution < -0.4 is 10.6 Å².